The van der Waals surface area contributed by atoms with Crippen molar-refractivity contribution in [1.82, 2.24) is 14.8 Å². The topological polar surface area (TPSA) is 96.8 Å². The van der Waals surface area contributed by atoms with Gasteiger partial charge in [-0.05, 0) is 24.1 Å². The number of anilines is 1. The third-order valence-corrected chi connectivity index (χ3v) is 4.49. The first-order valence-corrected chi connectivity index (χ1v) is 8.36. The molecule has 0 fully saturated rings. The molecule has 0 aliphatic heterocycles. The van der Waals surface area contributed by atoms with Gasteiger partial charge >= 0.3 is 0 Å². The smallest absolute Gasteiger partial charge is 0.265 e. The Morgan fingerprint density at radius 2 is 2.12 bits per heavy atom. The van der Waals surface area contributed by atoms with E-state index < -0.39 is 0 Å². The summed E-state index contributed by atoms with van der Waals surface area (Å²) < 4.78 is 2.14. The molecule has 0 radical (unpaired) electrons. The summed E-state index contributed by atoms with van der Waals surface area (Å²) in [6.07, 6.45) is 1.01. The van der Waals surface area contributed by atoms with Gasteiger partial charge in [-0.15, -0.1) is 0 Å². The zero-order chi connectivity index (χ0) is 17.1. The Hall–Kier alpha value is -2.74. The van der Waals surface area contributed by atoms with Crippen LogP contribution < -0.4 is 16.4 Å². The van der Waals surface area contributed by atoms with E-state index >= 15 is 0 Å². The molecule has 3 rings (SSSR count). The van der Waals surface area contributed by atoms with Gasteiger partial charge in [-0.25, -0.2) is 9.67 Å². The molecule has 0 bridgehead atoms. The van der Waals surface area contributed by atoms with Crippen molar-refractivity contribution in [2.75, 3.05) is 5.32 Å². The monoisotopic (exact) mass is 344 g/mol. The molecule has 2 aromatic heterocycles. The Bertz CT molecular complexity index is 1000. The second-order valence-corrected chi connectivity index (χ2v) is 6.30. The van der Waals surface area contributed by atoms with Gasteiger partial charge < -0.3 is 5.32 Å². The summed E-state index contributed by atoms with van der Waals surface area (Å²) in [7, 11) is 0. The van der Waals surface area contributed by atoms with Crippen LogP contribution in [0.5, 0.6) is 0 Å². The van der Waals surface area contributed by atoms with Gasteiger partial charge in [0.15, 0.2) is 5.13 Å². The minimum Gasteiger partial charge on any atom is -0.302 e. The van der Waals surface area contributed by atoms with Crippen LogP contribution in [0.1, 0.15) is 18.9 Å². The van der Waals surface area contributed by atoms with E-state index in [1.165, 1.54) is 23.0 Å². The number of carbonyl (C=O) groups excluding carboxylic acids is 1. The molecule has 0 aliphatic rings. The van der Waals surface area contributed by atoms with Crippen LogP contribution in [0.4, 0.5) is 5.13 Å². The number of aromatic nitrogens is 3. The number of nitrogens with one attached hydrogen (secondary N) is 2. The second kappa shape index (κ2) is 6.79. The first kappa shape index (κ1) is 16.1. The first-order valence-electron chi connectivity index (χ1n) is 7.54. The molecule has 1 aromatic carbocycles. The summed E-state index contributed by atoms with van der Waals surface area (Å²) in [5, 5.41) is 5.64. The van der Waals surface area contributed by atoms with Crippen LogP contribution in [-0.4, -0.2) is 20.7 Å². The number of amides is 1. The zero-order valence-corrected chi connectivity index (χ0v) is 13.9. The van der Waals surface area contributed by atoms with Gasteiger partial charge in [-0.2, -0.15) is 0 Å². The predicted octanol–water partition coefficient (Wildman–Crippen LogP) is 1.74. The number of fused-ring (bicyclic) bond motifs is 1. The Labute approximate surface area is 141 Å². The maximum absolute atomic E-state index is 12.0. The Kier molecular flexibility index (Phi) is 4.57. The molecule has 2 N–H and O–H groups in total. The average molecular weight is 344 g/mol. The van der Waals surface area contributed by atoms with Gasteiger partial charge in [0.1, 0.15) is 0 Å². The molecular weight excluding hydrogens is 328 g/mol. The fourth-order valence-corrected chi connectivity index (χ4v) is 3.21. The van der Waals surface area contributed by atoms with Gasteiger partial charge in [0.2, 0.25) is 5.91 Å². The average Bonchev–Trinajstić information content (AvgIpc) is 2.96. The summed E-state index contributed by atoms with van der Waals surface area (Å²) in [6.45, 7) is 2.19. The molecule has 0 saturated carbocycles. The number of hydrogen-bond acceptors (Lipinski definition) is 5. The second-order valence-electron chi connectivity index (χ2n) is 5.27. The standard InChI is InChI=1S/C16H16N4O3S/c1-2-10-3-4-11-12(9-10)24-16(17-11)18-13(21)7-8-20-15(23)6-5-14(22)19-20/h3-6,9H,2,7-8H2,1H3,(H,19,22)(H,17,18,21). The summed E-state index contributed by atoms with van der Waals surface area (Å²) in [5.41, 5.74) is 1.33. The zero-order valence-electron chi connectivity index (χ0n) is 13.0. The van der Waals surface area contributed by atoms with Crippen molar-refractivity contribution in [3.05, 3.63) is 56.6 Å². The summed E-state index contributed by atoms with van der Waals surface area (Å²) in [6, 6.07) is 8.36. The van der Waals surface area contributed by atoms with E-state index in [1.807, 2.05) is 12.1 Å². The quantitative estimate of drug-likeness (QED) is 0.737. The van der Waals surface area contributed by atoms with Crippen molar-refractivity contribution < 1.29 is 4.79 Å². The van der Waals surface area contributed by atoms with E-state index in [-0.39, 0.29) is 30.0 Å². The lowest BCUT2D eigenvalue weighted by Gasteiger charge is -2.04. The fourth-order valence-electron chi connectivity index (χ4n) is 2.27. The third kappa shape index (κ3) is 3.60. The van der Waals surface area contributed by atoms with Crippen molar-refractivity contribution >= 4 is 32.6 Å². The molecule has 0 saturated heterocycles. The molecule has 8 heteroatoms. The van der Waals surface area contributed by atoms with Crippen LogP contribution >= 0.6 is 11.3 Å². The van der Waals surface area contributed by atoms with Crippen LogP contribution in [0.2, 0.25) is 0 Å². The minimum atomic E-state index is -0.382. The molecular formula is C16H16N4O3S. The highest BCUT2D eigenvalue weighted by atomic mass is 32.1. The van der Waals surface area contributed by atoms with Crippen molar-refractivity contribution in [1.29, 1.82) is 0 Å². The van der Waals surface area contributed by atoms with E-state index in [0.29, 0.717) is 5.13 Å². The molecule has 0 atom stereocenters. The minimum absolute atomic E-state index is 0.0655. The summed E-state index contributed by atoms with van der Waals surface area (Å²) >= 11 is 1.41. The molecule has 3 aromatic rings. The number of H-pyrrole nitrogens is 1. The predicted molar refractivity (Wildman–Crippen MR) is 93.6 cm³/mol. The molecule has 24 heavy (non-hydrogen) atoms. The number of benzene rings is 1. The highest BCUT2D eigenvalue weighted by Crippen LogP contribution is 2.27. The normalized spacial score (nSPS) is 10.9. The van der Waals surface area contributed by atoms with Gasteiger partial charge in [0, 0.05) is 18.6 Å². The number of hydrogen-bond donors (Lipinski definition) is 2. The van der Waals surface area contributed by atoms with Gasteiger partial charge in [0.05, 0.1) is 16.8 Å². The summed E-state index contributed by atoms with van der Waals surface area (Å²) in [4.78, 5) is 39.2. The lowest BCUT2D eigenvalue weighted by atomic mass is 10.2. The van der Waals surface area contributed by atoms with Crippen molar-refractivity contribution in [3.63, 3.8) is 0 Å². The lowest BCUT2D eigenvalue weighted by Crippen LogP contribution is -2.29. The maximum Gasteiger partial charge on any atom is 0.265 e. The highest BCUT2D eigenvalue weighted by Gasteiger charge is 2.09. The molecule has 7 nitrogen and oxygen atoms in total. The number of aromatic amines is 1. The lowest BCUT2D eigenvalue weighted by molar-refractivity contribution is -0.116. The molecule has 2 heterocycles. The van der Waals surface area contributed by atoms with E-state index in [0.717, 1.165) is 27.4 Å². The highest BCUT2D eigenvalue weighted by molar-refractivity contribution is 7.22. The molecule has 1 amide bonds. The number of thiazole rings is 1. The van der Waals surface area contributed by atoms with E-state index in [9.17, 15) is 14.4 Å². The van der Waals surface area contributed by atoms with Crippen LogP contribution in [-0.2, 0) is 17.8 Å². The number of carbonyl (C=O) groups is 1. The third-order valence-electron chi connectivity index (χ3n) is 3.56. The van der Waals surface area contributed by atoms with Crippen LogP contribution in [0, 0.1) is 0 Å². The van der Waals surface area contributed by atoms with E-state index in [2.05, 4.69) is 28.4 Å². The molecule has 0 spiro atoms. The molecule has 0 aliphatic carbocycles. The van der Waals surface area contributed by atoms with E-state index in [1.54, 1.807) is 0 Å². The fraction of sp³-hybridized carbons (Fsp3) is 0.250. The Morgan fingerprint density at radius 1 is 1.29 bits per heavy atom. The van der Waals surface area contributed by atoms with Gasteiger partial charge in [0.25, 0.3) is 11.1 Å². The van der Waals surface area contributed by atoms with Crippen LogP contribution in [0.3, 0.4) is 0 Å². The maximum atomic E-state index is 12.0. The van der Waals surface area contributed by atoms with E-state index in [4.69, 9.17) is 0 Å². The molecule has 0 unspecified atom stereocenters. The van der Waals surface area contributed by atoms with Crippen molar-refractivity contribution in [2.45, 2.75) is 26.3 Å². The van der Waals surface area contributed by atoms with Crippen LogP contribution in [0.15, 0.2) is 39.9 Å². The Balaban J connectivity index is 1.67. The largest absolute Gasteiger partial charge is 0.302 e. The summed E-state index contributed by atoms with van der Waals surface area (Å²) in [5.74, 6) is -0.263. The first-order chi connectivity index (χ1) is 11.5. The van der Waals surface area contributed by atoms with Crippen molar-refractivity contribution in [3.8, 4) is 0 Å². The van der Waals surface area contributed by atoms with Crippen LogP contribution in [0.25, 0.3) is 10.2 Å². The number of rotatable bonds is 5. The number of aryl methyl sites for hydroxylation is 2. The van der Waals surface area contributed by atoms with Gasteiger partial charge in [-0.1, -0.05) is 24.3 Å². The number of nitrogens with zero attached hydrogens (tertiary/aromatic N) is 2. The Morgan fingerprint density at radius 3 is 2.92 bits per heavy atom. The SMILES string of the molecule is CCc1ccc2nc(NC(=O)CCn3[nH]c(=O)ccc3=O)sc2c1. The molecule has 124 valence electrons. The van der Waals surface area contributed by atoms with Crippen molar-refractivity contribution in [2.24, 2.45) is 0 Å². The van der Waals surface area contributed by atoms with Gasteiger partial charge in [-0.3, -0.25) is 19.5 Å².